The molecule has 22 aromatic rings. The summed E-state index contributed by atoms with van der Waals surface area (Å²) < 4.78 is 9.28. The molecule has 8 heterocycles. The van der Waals surface area contributed by atoms with Crippen LogP contribution >= 0.6 is 45.3 Å². The second kappa shape index (κ2) is 28.3. The van der Waals surface area contributed by atoms with Crippen molar-refractivity contribution in [3.05, 3.63) is 352 Å². The van der Waals surface area contributed by atoms with E-state index < -0.39 is 0 Å². The number of hydrogen-bond acceptors (Lipinski definition) is 14. The minimum atomic E-state index is 0.635. The molecule has 0 aliphatic heterocycles. The van der Waals surface area contributed by atoms with Crippen LogP contribution in [0.1, 0.15) is 0 Å². The average Bonchev–Trinajstić information content (AvgIpc) is 1.58. The maximum absolute atomic E-state index is 5.24. The summed E-state index contributed by atoms with van der Waals surface area (Å²) in [5.41, 5.74) is 18.3. The minimum Gasteiger partial charge on any atom is -0.226 e. The smallest absolute Gasteiger partial charge is 0.164 e. The maximum Gasteiger partial charge on any atom is 0.164 e. The number of fused-ring (bicyclic) bond motifs is 12. The van der Waals surface area contributed by atoms with Crippen LogP contribution in [0.2, 0.25) is 0 Å². The van der Waals surface area contributed by atoms with E-state index in [-0.39, 0.29) is 0 Å². The topological polar surface area (TPSA) is 129 Å². The van der Waals surface area contributed by atoms with Crippen molar-refractivity contribution in [3.63, 3.8) is 0 Å². The van der Waals surface area contributed by atoms with Crippen LogP contribution in [0.4, 0.5) is 0 Å². The standard InChI is InChI=1S/2C49H29N5S2/c1-4-14-30(15-5-1)33-20-12-21-35(28-33)48-52-47(32-18-8-3-9-19-32)53-49(54-48)38-23-13-25-40-42(38)36-27-26-34(29-41(36)55-40)43-45-44(37-22-10-11-24-39(37)56-45)51-46(50-43)31-16-6-2-7-17-31;1-4-13-30(14-5-1)31-23-25-34(26-24-31)48-52-47(33-17-8-3-9-18-33)53-49(54-48)38-20-12-22-40-42(38)36-28-27-35(29-41(36)55-40)43-45-44(37-19-10-11-21-39(37)56-45)51-46(50-43)32-15-6-2-7-16-32/h2*1-29H. The highest BCUT2D eigenvalue weighted by molar-refractivity contribution is 7.27. The van der Waals surface area contributed by atoms with Gasteiger partial charge in [0.2, 0.25) is 0 Å². The van der Waals surface area contributed by atoms with E-state index in [1.807, 2.05) is 97.1 Å². The lowest BCUT2D eigenvalue weighted by Crippen LogP contribution is -2.00. The third-order valence-corrected chi connectivity index (χ3v) is 24.9. The van der Waals surface area contributed by atoms with Gasteiger partial charge in [0.15, 0.2) is 46.6 Å². The van der Waals surface area contributed by atoms with Crippen molar-refractivity contribution in [1.29, 1.82) is 0 Å². The molecule has 22 rings (SSSR count). The predicted molar refractivity (Wildman–Crippen MR) is 468 cm³/mol. The van der Waals surface area contributed by atoms with Crippen LogP contribution in [0, 0.1) is 0 Å². The van der Waals surface area contributed by atoms with Gasteiger partial charge in [-0.2, -0.15) is 0 Å². The van der Waals surface area contributed by atoms with Crippen LogP contribution in [-0.2, 0) is 0 Å². The van der Waals surface area contributed by atoms with Crippen molar-refractivity contribution in [2.24, 2.45) is 0 Å². The average molecular weight is 1500 g/mol. The van der Waals surface area contributed by atoms with Gasteiger partial charge in [-0.15, -0.1) is 45.3 Å². The van der Waals surface area contributed by atoms with Crippen molar-refractivity contribution in [3.8, 4) is 136 Å². The summed E-state index contributed by atoms with van der Waals surface area (Å²) in [6.45, 7) is 0. The molecule has 0 aliphatic rings. The van der Waals surface area contributed by atoms with Gasteiger partial charge < -0.3 is 0 Å². The van der Waals surface area contributed by atoms with Crippen molar-refractivity contribution in [2.75, 3.05) is 0 Å². The van der Waals surface area contributed by atoms with E-state index in [2.05, 4.69) is 255 Å². The maximum atomic E-state index is 5.24. The molecule has 10 nitrogen and oxygen atoms in total. The first-order chi connectivity index (χ1) is 55.5. The summed E-state index contributed by atoms with van der Waals surface area (Å²) in [5, 5.41) is 6.88. The van der Waals surface area contributed by atoms with E-state index in [4.69, 9.17) is 49.8 Å². The number of thiophene rings is 4. The molecule has 0 spiro atoms. The molecular formula is C98H58N10S4. The van der Waals surface area contributed by atoms with Crippen molar-refractivity contribution in [1.82, 2.24) is 49.8 Å². The first-order valence-electron chi connectivity index (χ1n) is 36.8. The van der Waals surface area contributed by atoms with Crippen LogP contribution in [0.5, 0.6) is 0 Å². The first kappa shape index (κ1) is 66.4. The van der Waals surface area contributed by atoms with E-state index >= 15 is 0 Å². The van der Waals surface area contributed by atoms with Crippen LogP contribution < -0.4 is 0 Å². The number of hydrogen-bond donors (Lipinski definition) is 0. The number of rotatable bonds is 12. The fourth-order valence-electron chi connectivity index (χ4n) is 14.9. The largest absolute Gasteiger partial charge is 0.226 e. The Morgan fingerprint density at radius 2 is 0.455 bits per heavy atom. The molecule has 0 unspecified atom stereocenters. The number of benzene rings is 14. The summed E-state index contributed by atoms with van der Waals surface area (Å²) >= 11 is 7.06. The molecule has 0 saturated carbocycles. The summed E-state index contributed by atoms with van der Waals surface area (Å²) in [6.07, 6.45) is 0. The Labute approximate surface area is 658 Å². The van der Waals surface area contributed by atoms with Gasteiger partial charge in [0.05, 0.1) is 31.8 Å². The Morgan fingerprint density at radius 3 is 0.884 bits per heavy atom. The van der Waals surface area contributed by atoms with E-state index in [1.165, 1.54) is 33.8 Å². The zero-order chi connectivity index (χ0) is 74.0. The molecule has 0 saturated heterocycles. The molecule has 112 heavy (non-hydrogen) atoms. The molecule has 524 valence electrons. The number of nitrogens with zero attached hydrogens (tertiary/aromatic N) is 10. The van der Waals surface area contributed by atoms with Crippen LogP contribution in [0.15, 0.2) is 352 Å². The van der Waals surface area contributed by atoms with Gasteiger partial charge in [-0.1, -0.05) is 309 Å². The second-order valence-corrected chi connectivity index (χ2v) is 31.6. The van der Waals surface area contributed by atoms with E-state index in [0.29, 0.717) is 34.9 Å². The molecule has 0 amide bonds. The Bertz CT molecular complexity index is 7360. The van der Waals surface area contributed by atoms with Gasteiger partial charge in [-0.05, 0) is 64.7 Å². The lowest BCUT2D eigenvalue weighted by atomic mass is 10.0. The Morgan fingerprint density at radius 1 is 0.161 bits per heavy atom. The molecule has 8 aromatic heterocycles. The van der Waals surface area contributed by atoms with Crippen molar-refractivity contribution >= 4 is 126 Å². The molecule has 0 N–H and O–H groups in total. The number of aromatic nitrogens is 10. The zero-order valence-electron chi connectivity index (χ0n) is 59.6. The summed E-state index contributed by atoms with van der Waals surface area (Å²) in [7, 11) is 0. The molecule has 0 atom stereocenters. The Balaban J connectivity index is 0.000000141. The van der Waals surface area contributed by atoms with Gasteiger partial charge >= 0.3 is 0 Å². The SMILES string of the molecule is c1ccc(-c2ccc(-c3nc(-c4ccccc4)nc(-c4cccc5sc6cc(-c7nc(-c8ccccc8)nc8c7sc7ccccc78)ccc6c45)n3)cc2)cc1.c1ccc(-c2cccc(-c3nc(-c4ccccc4)nc(-c4cccc5sc6cc(-c7nc(-c8ccccc8)nc8c7sc7ccccc78)ccc6c45)n3)c2)cc1. The Hall–Kier alpha value is -13.9. The highest BCUT2D eigenvalue weighted by atomic mass is 32.1. The van der Waals surface area contributed by atoms with Gasteiger partial charge in [0, 0.05) is 116 Å². The quantitative estimate of drug-likeness (QED) is 0.117. The lowest BCUT2D eigenvalue weighted by molar-refractivity contribution is 1.08. The van der Waals surface area contributed by atoms with Crippen LogP contribution in [-0.4, -0.2) is 49.8 Å². The minimum absolute atomic E-state index is 0.635. The summed E-state index contributed by atoms with van der Waals surface area (Å²) in [5.74, 6) is 5.29. The van der Waals surface area contributed by atoms with Crippen molar-refractivity contribution in [2.45, 2.75) is 0 Å². The molecule has 0 fully saturated rings. The first-order valence-corrected chi connectivity index (χ1v) is 40.1. The van der Waals surface area contributed by atoms with Gasteiger partial charge in [-0.3, -0.25) is 0 Å². The van der Waals surface area contributed by atoms with E-state index in [0.717, 1.165) is 148 Å². The fraction of sp³-hybridized carbons (Fsp3) is 0. The predicted octanol–water partition coefficient (Wildman–Crippen LogP) is 26.8. The van der Waals surface area contributed by atoms with E-state index in [1.54, 1.807) is 45.3 Å². The van der Waals surface area contributed by atoms with Crippen LogP contribution in [0.25, 0.3) is 217 Å². The molecule has 0 aliphatic carbocycles. The summed E-state index contributed by atoms with van der Waals surface area (Å²) in [4.78, 5) is 51.4. The summed E-state index contributed by atoms with van der Waals surface area (Å²) in [6, 6.07) is 122. The van der Waals surface area contributed by atoms with Crippen molar-refractivity contribution < 1.29 is 0 Å². The second-order valence-electron chi connectivity index (χ2n) is 27.3. The Kier molecular flexibility index (Phi) is 16.8. The fourth-order valence-corrected chi connectivity index (χ4v) is 19.6. The molecule has 0 radical (unpaired) electrons. The third-order valence-electron chi connectivity index (χ3n) is 20.3. The van der Waals surface area contributed by atoms with E-state index in [9.17, 15) is 0 Å². The molecule has 0 bridgehead atoms. The monoisotopic (exact) mass is 1500 g/mol. The third kappa shape index (κ3) is 12.3. The highest BCUT2D eigenvalue weighted by Crippen LogP contribution is 2.47. The molecule has 14 heteroatoms. The normalized spacial score (nSPS) is 11.6. The van der Waals surface area contributed by atoms with Crippen LogP contribution in [0.3, 0.4) is 0 Å². The van der Waals surface area contributed by atoms with Gasteiger partial charge in [0.1, 0.15) is 0 Å². The van der Waals surface area contributed by atoms with Gasteiger partial charge in [-0.25, -0.2) is 49.8 Å². The highest BCUT2D eigenvalue weighted by Gasteiger charge is 2.24. The molecular weight excluding hydrogens is 1450 g/mol. The molecule has 14 aromatic carbocycles. The van der Waals surface area contributed by atoms with Gasteiger partial charge in [0.25, 0.3) is 0 Å². The lowest BCUT2D eigenvalue weighted by Gasteiger charge is -2.11. The zero-order valence-corrected chi connectivity index (χ0v) is 62.9.